The molecule has 0 fully saturated rings. The molecule has 0 aliphatic rings. The number of anilines is 1. The number of hydrogen-bond acceptors (Lipinski definition) is 2. The average Bonchev–Trinajstić information content (AvgIpc) is 2.36. The monoisotopic (exact) mass is 252 g/mol. The van der Waals surface area contributed by atoms with E-state index in [1.165, 1.54) is 11.1 Å². The Morgan fingerprint density at radius 2 is 1.71 bits per heavy atom. The molecule has 0 aliphatic carbocycles. The van der Waals surface area contributed by atoms with Crippen LogP contribution in [0.25, 0.3) is 0 Å². The molecule has 0 unspecified atom stereocenters. The van der Waals surface area contributed by atoms with Crippen molar-refractivity contribution in [3.8, 4) is 0 Å². The molecule has 2 nitrogen and oxygen atoms in total. The smallest absolute Gasteiger partial charge is 0.126 e. The number of nitrogens with zero attached hydrogens (tertiary/aromatic N) is 1. The lowest BCUT2D eigenvalue weighted by Crippen LogP contribution is -1.97. The molecule has 0 saturated heterocycles. The molecule has 94 valence electrons. The fraction of sp³-hybridized carbons (Fsp3) is 0.500. The van der Waals surface area contributed by atoms with Crippen LogP contribution in [0, 0.1) is 0 Å². The topological polar surface area (TPSA) is 24.4 Å². The standard InChI is InChI=1S/C14H21ClN2/c1-4-7-14(15)17-16-13-9-11(5-2)8-12(6-3)10-13/h8-10,16H,4-7H2,1-3H3. The van der Waals surface area contributed by atoms with Crippen molar-refractivity contribution in [2.45, 2.75) is 46.5 Å². The molecule has 0 aromatic heterocycles. The summed E-state index contributed by atoms with van der Waals surface area (Å²) in [6.07, 6.45) is 3.91. The van der Waals surface area contributed by atoms with Crippen LogP contribution in [0.1, 0.15) is 44.7 Å². The summed E-state index contributed by atoms with van der Waals surface area (Å²) < 4.78 is 0. The summed E-state index contributed by atoms with van der Waals surface area (Å²) in [6, 6.07) is 6.49. The van der Waals surface area contributed by atoms with Crippen LogP contribution in [-0.2, 0) is 12.8 Å². The van der Waals surface area contributed by atoms with Gasteiger partial charge < -0.3 is 0 Å². The van der Waals surface area contributed by atoms with E-state index < -0.39 is 0 Å². The zero-order chi connectivity index (χ0) is 12.7. The SMILES string of the molecule is CCCC(Cl)=NNc1cc(CC)cc(CC)c1. The molecule has 0 radical (unpaired) electrons. The lowest BCUT2D eigenvalue weighted by Gasteiger charge is -2.07. The molecule has 1 aromatic carbocycles. The Labute approximate surface area is 109 Å². The van der Waals surface area contributed by atoms with Crippen LogP contribution in [0.4, 0.5) is 5.69 Å². The lowest BCUT2D eigenvalue weighted by atomic mass is 10.1. The van der Waals surface area contributed by atoms with Gasteiger partial charge in [0.25, 0.3) is 0 Å². The number of benzene rings is 1. The van der Waals surface area contributed by atoms with Crippen molar-refractivity contribution in [3.05, 3.63) is 29.3 Å². The largest absolute Gasteiger partial charge is 0.277 e. The molecule has 17 heavy (non-hydrogen) atoms. The Bertz CT molecular complexity index is 364. The summed E-state index contributed by atoms with van der Waals surface area (Å²) in [7, 11) is 0. The number of aryl methyl sites for hydroxylation is 2. The summed E-state index contributed by atoms with van der Waals surface area (Å²) in [4.78, 5) is 0. The van der Waals surface area contributed by atoms with E-state index in [-0.39, 0.29) is 0 Å². The molecule has 0 atom stereocenters. The van der Waals surface area contributed by atoms with Crippen molar-refractivity contribution < 1.29 is 0 Å². The number of halogens is 1. The predicted octanol–water partition coefficient (Wildman–Crippen LogP) is 4.58. The summed E-state index contributed by atoms with van der Waals surface area (Å²) in [5.74, 6) is 0. The van der Waals surface area contributed by atoms with Gasteiger partial charge >= 0.3 is 0 Å². The summed E-state index contributed by atoms with van der Waals surface area (Å²) in [5.41, 5.74) is 6.71. The second kappa shape index (κ2) is 7.33. The van der Waals surface area contributed by atoms with Gasteiger partial charge in [-0.1, -0.05) is 38.4 Å². The highest BCUT2D eigenvalue weighted by Crippen LogP contribution is 2.16. The van der Waals surface area contributed by atoms with E-state index in [0.29, 0.717) is 5.17 Å². The molecule has 0 bridgehead atoms. The van der Waals surface area contributed by atoms with Crippen molar-refractivity contribution in [2.24, 2.45) is 5.10 Å². The zero-order valence-electron chi connectivity index (χ0n) is 10.9. The fourth-order valence-corrected chi connectivity index (χ4v) is 1.85. The molecule has 0 spiro atoms. The maximum Gasteiger partial charge on any atom is 0.126 e. The third-order valence-corrected chi connectivity index (χ3v) is 2.91. The van der Waals surface area contributed by atoms with Crippen LogP contribution in [-0.4, -0.2) is 5.17 Å². The van der Waals surface area contributed by atoms with Crippen LogP contribution in [0.15, 0.2) is 23.3 Å². The van der Waals surface area contributed by atoms with Gasteiger partial charge in [0, 0.05) is 6.42 Å². The van der Waals surface area contributed by atoms with Gasteiger partial charge in [0.15, 0.2) is 0 Å². The normalized spacial score (nSPS) is 11.6. The van der Waals surface area contributed by atoms with Gasteiger partial charge in [-0.15, -0.1) is 0 Å². The van der Waals surface area contributed by atoms with Crippen LogP contribution in [0.3, 0.4) is 0 Å². The average molecular weight is 253 g/mol. The molecule has 0 heterocycles. The minimum atomic E-state index is 0.632. The first kappa shape index (κ1) is 14.0. The van der Waals surface area contributed by atoms with Gasteiger partial charge in [0.05, 0.1) is 5.69 Å². The van der Waals surface area contributed by atoms with E-state index in [9.17, 15) is 0 Å². The van der Waals surface area contributed by atoms with Gasteiger partial charge in [-0.3, -0.25) is 5.43 Å². The number of rotatable bonds is 6. The highest BCUT2D eigenvalue weighted by molar-refractivity contribution is 6.65. The first-order valence-corrected chi connectivity index (χ1v) is 6.68. The summed E-state index contributed by atoms with van der Waals surface area (Å²) in [6.45, 7) is 6.41. The molecule has 0 amide bonds. The highest BCUT2D eigenvalue weighted by Gasteiger charge is 1.99. The molecular weight excluding hydrogens is 232 g/mol. The van der Waals surface area contributed by atoms with Crippen molar-refractivity contribution in [1.29, 1.82) is 0 Å². The Kier molecular flexibility index (Phi) is 6.06. The molecule has 1 rings (SSSR count). The first-order chi connectivity index (χ1) is 8.19. The number of hydrogen-bond donors (Lipinski definition) is 1. The number of hydrazone groups is 1. The van der Waals surface area contributed by atoms with Crippen LogP contribution in [0.2, 0.25) is 0 Å². The maximum absolute atomic E-state index is 5.97. The van der Waals surface area contributed by atoms with Gasteiger partial charge in [0.1, 0.15) is 5.17 Å². The van der Waals surface area contributed by atoms with Gasteiger partial charge in [-0.05, 0) is 42.5 Å². The lowest BCUT2D eigenvalue weighted by molar-refractivity contribution is 0.998. The van der Waals surface area contributed by atoms with E-state index in [1.807, 2.05) is 0 Å². The zero-order valence-corrected chi connectivity index (χ0v) is 11.6. The minimum Gasteiger partial charge on any atom is -0.277 e. The highest BCUT2D eigenvalue weighted by atomic mass is 35.5. The minimum absolute atomic E-state index is 0.632. The van der Waals surface area contributed by atoms with Gasteiger partial charge in [-0.2, -0.15) is 5.10 Å². The fourth-order valence-electron chi connectivity index (χ4n) is 1.62. The van der Waals surface area contributed by atoms with Crippen molar-refractivity contribution in [3.63, 3.8) is 0 Å². The molecule has 3 heteroatoms. The predicted molar refractivity (Wildman–Crippen MR) is 77.0 cm³/mol. The molecule has 0 aliphatic heterocycles. The number of nitrogens with one attached hydrogen (secondary N) is 1. The van der Waals surface area contributed by atoms with Crippen LogP contribution >= 0.6 is 11.6 Å². The van der Waals surface area contributed by atoms with Crippen LogP contribution in [0.5, 0.6) is 0 Å². The Balaban J connectivity index is 2.79. The van der Waals surface area contributed by atoms with E-state index in [0.717, 1.165) is 31.4 Å². The van der Waals surface area contributed by atoms with Crippen molar-refractivity contribution in [2.75, 3.05) is 5.43 Å². The summed E-state index contributed by atoms with van der Waals surface area (Å²) >= 11 is 5.97. The van der Waals surface area contributed by atoms with E-state index in [1.54, 1.807) is 0 Å². The quantitative estimate of drug-likeness (QED) is 0.582. The van der Waals surface area contributed by atoms with E-state index in [4.69, 9.17) is 11.6 Å². The van der Waals surface area contributed by atoms with Gasteiger partial charge in [0.2, 0.25) is 0 Å². The Morgan fingerprint density at radius 3 is 2.18 bits per heavy atom. The molecule has 1 aromatic rings. The van der Waals surface area contributed by atoms with Crippen molar-refractivity contribution in [1.82, 2.24) is 0 Å². The van der Waals surface area contributed by atoms with E-state index >= 15 is 0 Å². The second-order valence-electron chi connectivity index (χ2n) is 4.10. The van der Waals surface area contributed by atoms with E-state index in [2.05, 4.69) is 49.5 Å². The first-order valence-electron chi connectivity index (χ1n) is 6.30. The molecule has 1 N–H and O–H groups in total. The third kappa shape index (κ3) is 4.78. The molecule has 0 saturated carbocycles. The van der Waals surface area contributed by atoms with Crippen molar-refractivity contribution >= 4 is 22.5 Å². The third-order valence-electron chi connectivity index (χ3n) is 2.63. The summed E-state index contributed by atoms with van der Waals surface area (Å²) in [5, 5.41) is 4.80. The Morgan fingerprint density at radius 1 is 1.12 bits per heavy atom. The van der Waals surface area contributed by atoms with Crippen LogP contribution < -0.4 is 5.43 Å². The maximum atomic E-state index is 5.97. The second-order valence-corrected chi connectivity index (χ2v) is 4.53. The Hall–Kier alpha value is -1.02. The molecular formula is C14H21ClN2. The van der Waals surface area contributed by atoms with Gasteiger partial charge in [-0.25, -0.2) is 0 Å².